The number of nitro benzene ring substituents is 1. The predicted octanol–water partition coefficient (Wildman–Crippen LogP) is 5.47. The summed E-state index contributed by atoms with van der Waals surface area (Å²) in [5.41, 5.74) is 3.26. The van der Waals surface area contributed by atoms with Crippen LogP contribution in [0.2, 0.25) is 0 Å². The molecule has 0 radical (unpaired) electrons. The minimum atomic E-state index is -0.819. The van der Waals surface area contributed by atoms with Crippen LogP contribution in [0.5, 0.6) is 5.75 Å². The molecule has 1 atom stereocenters. The molecule has 0 fully saturated rings. The van der Waals surface area contributed by atoms with Gasteiger partial charge in [-0.05, 0) is 47.4 Å². The lowest BCUT2D eigenvalue weighted by Crippen LogP contribution is -2.39. The summed E-state index contributed by atoms with van der Waals surface area (Å²) in [6.45, 7) is 2.18. The van der Waals surface area contributed by atoms with Gasteiger partial charge in [0.25, 0.3) is 11.2 Å². The molecular weight excluding hydrogens is 590 g/mol. The van der Waals surface area contributed by atoms with Gasteiger partial charge < -0.3 is 9.47 Å². The second-order valence-electron chi connectivity index (χ2n) is 10.3. The van der Waals surface area contributed by atoms with Crippen LogP contribution in [0.15, 0.2) is 130 Å². The molecule has 6 rings (SSSR count). The lowest BCUT2D eigenvalue weighted by molar-refractivity contribution is -0.384. The number of esters is 1. The molecule has 0 N–H and O–H groups in total. The summed E-state index contributed by atoms with van der Waals surface area (Å²) in [5.74, 6) is 0.0528. The van der Waals surface area contributed by atoms with Gasteiger partial charge in [0.05, 0.1) is 26.8 Å². The fraction of sp³-hybridized carbons (Fsp3) is 0.114. The van der Waals surface area contributed by atoms with Gasteiger partial charge in [0.15, 0.2) is 4.80 Å². The molecular formula is C35H27N3O6S. The Morgan fingerprint density at radius 1 is 0.933 bits per heavy atom. The van der Waals surface area contributed by atoms with Crippen molar-refractivity contribution in [2.45, 2.75) is 26.2 Å². The molecule has 2 heterocycles. The average Bonchev–Trinajstić information content (AvgIpc) is 3.36. The lowest BCUT2D eigenvalue weighted by atomic mass is 9.96. The van der Waals surface area contributed by atoms with Gasteiger partial charge in [-0.2, -0.15) is 0 Å². The number of ether oxygens (including phenoxy) is 2. The van der Waals surface area contributed by atoms with E-state index in [1.165, 1.54) is 16.7 Å². The predicted molar refractivity (Wildman–Crippen MR) is 170 cm³/mol. The van der Waals surface area contributed by atoms with Crippen LogP contribution in [-0.4, -0.2) is 15.5 Å². The second-order valence-corrected chi connectivity index (χ2v) is 11.3. The monoisotopic (exact) mass is 617 g/mol. The number of carbonyl (C=O) groups is 1. The van der Waals surface area contributed by atoms with Crippen molar-refractivity contribution in [2.24, 2.45) is 4.99 Å². The topological polar surface area (TPSA) is 113 Å². The molecule has 0 bridgehead atoms. The number of non-ortho nitro benzene ring substituents is 1. The normalized spacial score (nSPS) is 14.4. The first-order chi connectivity index (χ1) is 21.9. The van der Waals surface area contributed by atoms with Crippen LogP contribution in [0, 0.1) is 10.1 Å². The Balaban J connectivity index is 1.39. The van der Waals surface area contributed by atoms with Gasteiger partial charge >= 0.3 is 5.97 Å². The maximum Gasteiger partial charge on any atom is 0.338 e. The van der Waals surface area contributed by atoms with Crippen molar-refractivity contribution in [3.63, 3.8) is 0 Å². The van der Waals surface area contributed by atoms with E-state index in [-0.39, 0.29) is 23.4 Å². The van der Waals surface area contributed by atoms with Crippen molar-refractivity contribution in [1.82, 2.24) is 4.57 Å². The lowest BCUT2D eigenvalue weighted by Gasteiger charge is -2.25. The molecule has 0 saturated heterocycles. The van der Waals surface area contributed by atoms with Gasteiger partial charge in [-0.3, -0.25) is 19.5 Å². The molecule has 224 valence electrons. The van der Waals surface area contributed by atoms with Crippen LogP contribution in [0.4, 0.5) is 5.69 Å². The van der Waals surface area contributed by atoms with E-state index >= 15 is 0 Å². The SMILES string of the molecule is CC1=C(C(=O)OCc2ccccc2)C(c2ccc(OCc3ccccc3)cc2)n2c(sc(=Cc3cccc([N+](=O)[O-])c3)c2=O)=N1. The molecule has 10 heteroatoms. The van der Waals surface area contributed by atoms with Crippen molar-refractivity contribution >= 4 is 29.1 Å². The second kappa shape index (κ2) is 12.9. The summed E-state index contributed by atoms with van der Waals surface area (Å²) in [6, 6.07) is 31.6. The van der Waals surface area contributed by atoms with Crippen LogP contribution in [0.1, 0.15) is 35.2 Å². The minimum Gasteiger partial charge on any atom is -0.489 e. The van der Waals surface area contributed by atoms with E-state index in [2.05, 4.69) is 4.99 Å². The van der Waals surface area contributed by atoms with Gasteiger partial charge in [0.2, 0.25) is 0 Å². The third kappa shape index (κ3) is 6.51. The maximum atomic E-state index is 13.9. The summed E-state index contributed by atoms with van der Waals surface area (Å²) in [6.07, 6.45) is 1.60. The number of carbonyl (C=O) groups excluding carboxylic acids is 1. The minimum absolute atomic E-state index is 0.0621. The molecule has 1 unspecified atom stereocenters. The zero-order valence-corrected chi connectivity index (χ0v) is 25.0. The summed E-state index contributed by atoms with van der Waals surface area (Å²) in [5, 5.41) is 11.3. The van der Waals surface area contributed by atoms with Gasteiger partial charge in [-0.15, -0.1) is 0 Å². The van der Waals surface area contributed by atoms with E-state index in [9.17, 15) is 19.7 Å². The number of allylic oxidation sites excluding steroid dienone is 1. The summed E-state index contributed by atoms with van der Waals surface area (Å²) in [4.78, 5) is 43.5. The van der Waals surface area contributed by atoms with Crippen molar-refractivity contribution in [2.75, 3.05) is 0 Å². The molecule has 1 aromatic heterocycles. The van der Waals surface area contributed by atoms with E-state index < -0.39 is 16.9 Å². The third-order valence-corrected chi connectivity index (χ3v) is 8.26. The highest BCUT2D eigenvalue weighted by molar-refractivity contribution is 7.07. The fourth-order valence-corrected chi connectivity index (χ4v) is 6.11. The molecule has 1 aliphatic heterocycles. The number of hydrogen-bond acceptors (Lipinski definition) is 8. The average molecular weight is 618 g/mol. The number of hydrogen-bond donors (Lipinski definition) is 0. The fourth-order valence-electron chi connectivity index (χ4n) is 5.07. The quantitative estimate of drug-likeness (QED) is 0.123. The number of rotatable bonds is 9. The molecule has 9 nitrogen and oxygen atoms in total. The van der Waals surface area contributed by atoms with Crippen molar-refractivity contribution < 1.29 is 19.2 Å². The molecule has 0 aliphatic carbocycles. The number of aromatic nitrogens is 1. The molecule has 0 saturated carbocycles. The molecule has 45 heavy (non-hydrogen) atoms. The highest BCUT2D eigenvalue weighted by Gasteiger charge is 2.33. The van der Waals surface area contributed by atoms with E-state index in [0.29, 0.717) is 38.5 Å². The maximum absolute atomic E-state index is 13.9. The van der Waals surface area contributed by atoms with Crippen LogP contribution < -0.4 is 19.6 Å². The van der Waals surface area contributed by atoms with Gasteiger partial charge in [-0.1, -0.05) is 96.3 Å². The summed E-state index contributed by atoms with van der Waals surface area (Å²) in [7, 11) is 0. The Hall–Kier alpha value is -5.61. The molecule has 4 aromatic carbocycles. The van der Waals surface area contributed by atoms with Crippen LogP contribution in [0.3, 0.4) is 0 Å². The smallest absolute Gasteiger partial charge is 0.338 e. The Morgan fingerprint density at radius 2 is 1.60 bits per heavy atom. The standard InChI is InChI=1S/C35H27N3O6S/c1-23-31(34(40)44-22-25-11-6-3-7-12-25)32(27-15-17-29(18-16-27)43-21-24-9-4-2-5-10-24)37-33(39)30(45-35(37)36-23)20-26-13-8-14-28(19-26)38(41)42/h2-20,32H,21-22H2,1H3. The van der Waals surface area contributed by atoms with E-state index in [1.807, 2.05) is 72.8 Å². The summed E-state index contributed by atoms with van der Waals surface area (Å²) < 4.78 is 13.5. The highest BCUT2D eigenvalue weighted by atomic mass is 32.1. The Labute approximate surface area is 261 Å². The molecule has 5 aromatic rings. The van der Waals surface area contributed by atoms with Crippen molar-refractivity contribution in [1.29, 1.82) is 0 Å². The van der Waals surface area contributed by atoms with Gasteiger partial charge in [0.1, 0.15) is 19.0 Å². The van der Waals surface area contributed by atoms with E-state index in [1.54, 1.807) is 37.3 Å². The van der Waals surface area contributed by atoms with E-state index in [4.69, 9.17) is 9.47 Å². The zero-order valence-electron chi connectivity index (χ0n) is 24.2. The van der Waals surface area contributed by atoms with Gasteiger partial charge in [-0.25, -0.2) is 9.79 Å². The Kier molecular flexibility index (Phi) is 8.47. The van der Waals surface area contributed by atoms with Crippen molar-refractivity contribution in [3.05, 3.63) is 173 Å². The van der Waals surface area contributed by atoms with Crippen LogP contribution in [-0.2, 0) is 22.7 Å². The number of benzene rings is 4. The highest BCUT2D eigenvalue weighted by Crippen LogP contribution is 2.32. The molecule has 0 spiro atoms. The van der Waals surface area contributed by atoms with Crippen LogP contribution >= 0.6 is 11.3 Å². The Morgan fingerprint density at radius 3 is 2.27 bits per heavy atom. The number of fused-ring (bicyclic) bond motifs is 1. The van der Waals surface area contributed by atoms with Gasteiger partial charge in [0, 0.05) is 12.1 Å². The summed E-state index contributed by atoms with van der Waals surface area (Å²) >= 11 is 1.15. The molecule has 1 aliphatic rings. The third-order valence-electron chi connectivity index (χ3n) is 7.28. The Bertz CT molecular complexity index is 2090. The number of thiazole rings is 1. The zero-order chi connectivity index (χ0) is 31.3. The largest absolute Gasteiger partial charge is 0.489 e. The molecule has 0 amide bonds. The number of nitro groups is 1. The first-order valence-electron chi connectivity index (χ1n) is 14.1. The van der Waals surface area contributed by atoms with Crippen LogP contribution in [0.25, 0.3) is 6.08 Å². The van der Waals surface area contributed by atoms with Crippen molar-refractivity contribution in [3.8, 4) is 5.75 Å². The number of nitrogens with zero attached hydrogens (tertiary/aromatic N) is 3. The van der Waals surface area contributed by atoms with E-state index in [0.717, 1.165) is 22.5 Å². The first kappa shape index (κ1) is 29.5. The first-order valence-corrected chi connectivity index (χ1v) is 14.9.